The summed E-state index contributed by atoms with van der Waals surface area (Å²) >= 11 is 6.15. The van der Waals surface area contributed by atoms with Gasteiger partial charge in [-0.05, 0) is 67.9 Å². The molecule has 2 aliphatic rings. The lowest BCUT2D eigenvalue weighted by Crippen LogP contribution is -2.46. The Balaban J connectivity index is 1.63. The van der Waals surface area contributed by atoms with Crippen LogP contribution in [0.2, 0.25) is 5.02 Å². The minimum Gasteiger partial charge on any atom is -0.352 e. The Hall–Kier alpha value is -2.05. The van der Waals surface area contributed by atoms with Crippen molar-refractivity contribution < 1.29 is 13.2 Å². The van der Waals surface area contributed by atoms with E-state index in [9.17, 15) is 13.2 Å². The molecular formula is C22H25ClN2O3S. The van der Waals surface area contributed by atoms with Gasteiger partial charge in [0.25, 0.3) is 10.0 Å². The molecule has 2 saturated carbocycles. The Morgan fingerprint density at radius 3 is 2.55 bits per heavy atom. The van der Waals surface area contributed by atoms with Gasteiger partial charge in [0.05, 0.1) is 10.6 Å². The molecule has 1 N–H and O–H groups in total. The predicted molar refractivity (Wildman–Crippen MR) is 115 cm³/mol. The summed E-state index contributed by atoms with van der Waals surface area (Å²) in [5.74, 6) is 0.946. The summed E-state index contributed by atoms with van der Waals surface area (Å²) in [4.78, 5) is 13.0. The number of hydrogen-bond donors (Lipinski definition) is 1. The van der Waals surface area contributed by atoms with Crippen molar-refractivity contribution in [3.8, 4) is 0 Å². The molecule has 0 aromatic heterocycles. The van der Waals surface area contributed by atoms with E-state index >= 15 is 0 Å². The highest BCUT2D eigenvalue weighted by molar-refractivity contribution is 7.92. The molecule has 2 bridgehead atoms. The maximum atomic E-state index is 13.4. The second kappa shape index (κ2) is 8.00. The lowest BCUT2D eigenvalue weighted by molar-refractivity contribution is -0.120. The third-order valence-electron chi connectivity index (χ3n) is 6.14. The minimum absolute atomic E-state index is 0.145. The normalized spacial score (nSPS) is 23.2. The molecule has 2 fully saturated rings. The highest BCUT2D eigenvalue weighted by Crippen LogP contribution is 2.44. The Kier molecular flexibility index (Phi) is 5.58. The van der Waals surface area contributed by atoms with Gasteiger partial charge < -0.3 is 5.32 Å². The largest absolute Gasteiger partial charge is 0.352 e. The average Bonchev–Trinajstić information content (AvgIpc) is 3.32. The van der Waals surface area contributed by atoms with Crippen LogP contribution in [0.15, 0.2) is 53.4 Å². The number of nitrogens with zero attached hydrogens (tertiary/aromatic N) is 1. The fourth-order valence-corrected chi connectivity index (χ4v) is 6.34. The highest BCUT2D eigenvalue weighted by atomic mass is 35.5. The van der Waals surface area contributed by atoms with Crippen molar-refractivity contribution >= 4 is 33.2 Å². The van der Waals surface area contributed by atoms with Gasteiger partial charge >= 0.3 is 0 Å². The lowest BCUT2D eigenvalue weighted by atomic mass is 9.95. The molecule has 0 spiro atoms. The molecule has 29 heavy (non-hydrogen) atoms. The topological polar surface area (TPSA) is 66.5 Å². The van der Waals surface area contributed by atoms with Gasteiger partial charge in [-0.3, -0.25) is 9.10 Å². The van der Waals surface area contributed by atoms with E-state index < -0.39 is 10.0 Å². The number of rotatable bonds is 6. The number of sulfonamides is 1. The van der Waals surface area contributed by atoms with E-state index in [4.69, 9.17) is 11.6 Å². The molecule has 2 aliphatic carbocycles. The van der Waals surface area contributed by atoms with Crippen LogP contribution in [0.25, 0.3) is 0 Å². The fraction of sp³-hybridized carbons (Fsp3) is 0.409. The molecular weight excluding hydrogens is 408 g/mol. The molecule has 154 valence electrons. The van der Waals surface area contributed by atoms with Gasteiger partial charge in [-0.15, -0.1) is 0 Å². The summed E-state index contributed by atoms with van der Waals surface area (Å²) < 4.78 is 28.0. The van der Waals surface area contributed by atoms with Crippen LogP contribution in [0.1, 0.15) is 31.2 Å². The van der Waals surface area contributed by atoms with Crippen molar-refractivity contribution in [1.29, 1.82) is 0 Å². The second-order valence-electron chi connectivity index (χ2n) is 8.10. The van der Waals surface area contributed by atoms with Gasteiger partial charge in [0.15, 0.2) is 0 Å². The SMILES string of the molecule is Cc1ccc(Cl)cc1N(CC(=O)N[C@H]1C[C@@H]2CC[C@H]1C2)S(=O)(=O)c1ccccc1. The van der Waals surface area contributed by atoms with E-state index in [1.807, 2.05) is 6.92 Å². The number of aryl methyl sites for hydroxylation is 1. The smallest absolute Gasteiger partial charge is 0.264 e. The van der Waals surface area contributed by atoms with Crippen LogP contribution in [0, 0.1) is 18.8 Å². The molecule has 7 heteroatoms. The number of anilines is 1. The lowest BCUT2D eigenvalue weighted by Gasteiger charge is -2.28. The first-order valence-corrected chi connectivity index (χ1v) is 11.8. The van der Waals surface area contributed by atoms with E-state index in [1.54, 1.807) is 36.4 Å². The van der Waals surface area contributed by atoms with Gasteiger partial charge in [0.2, 0.25) is 5.91 Å². The first-order valence-electron chi connectivity index (χ1n) is 9.98. The number of amides is 1. The van der Waals surface area contributed by atoms with Crippen LogP contribution in [-0.4, -0.2) is 26.9 Å². The molecule has 0 radical (unpaired) electrons. The monoisotopic (exact) mass is 432 g/mol. The highest BCUT2D eigenvalue weighted by Gasteiger charge is 2.40. The van der Waals surface area contributed by atoms with Gasteiger partial charge in [0, 0.05) is 11.1 Å². The van der Waals surface area contributed by atoms with Crippen molar-refractivity contribution in [2.75, 3.05) is 10.8 Å². The summed E-state index contributed by atoms with van der Waals surface area (Å²) in [6, 6.07) is 13.4. The Bertz CT molecular complexity index is 1010. The molecule has 0 unspecified atom stereocenters. The minimum atomic E-state index is -3.92. The number of carbonyl (C=O) groups excluding carboxylic acids is 1. The summed E-state index contributed by atoms with van der Waals surface area (Å²) in [5, 5.41) is 3.51. The van der Waals surface area contributed by atoms with E-state index in [0.717, 1.165) is 18.4 Å². The maximum absolute atomic E-state index is 13.4. The van der Waals surface area contributed by atoms with Crippen LogP contribution in [0.3, 0.4) is 0 Å². The fourth-order valence-electron chi connectivity index (χ4n) is 4.67. The Morgan fingerprint density at radius 1 is 1.14 bits per heavy atom. The quantitative estimate of drug-likeness (QED) is 0.745. The number of nitrogens with one attached hydrogen (secondary N) is 1. The van der Waals surface area contributed by atoms with Gasteiger partial charge in [-0.1, -0.05) is 42.3 Å². The number of halogens is 1. The summed E-state index contributed by atoms with van der Waals surface area (Å²) in [7, 11) is -3.92. The maximum Gasteiger partial charge on any atom is 0.264 e. The third kappa shape index (κ3) is 4.14. The zero-order valence-corrected chi connectivity index (χ0v) is 17.9. The van der Waals surface area contributed by atoms with E-state index in [-0.39, 0.29) is 23.4 Å². The summed E-state index contributed by atoms with van der Waals surface area (Å²) in [5.41, 5.74) is 1.16. The molecule has 3 atom stereocenters. The van der Waals surface area contributed by atoms with Gasteiger partial charge in [-0.2, -0.15) is 0 Å². The molecule has 4 rings (SSSR count). The third-order valence-corrected chi connectivity index (χ3v) is 8.15. The number of carbonyl (C=O) groups is 1. The van der Waals surface area contributed by atoms with Crippen LogP contribution in [0.4, 0.5) is 5.69 Å². The molecule has 2 aromatic rings. The first-order chi connectivity index (χ1) is 13.8. The van der Waals surface area contributed by atoms with Crippen LogP contribution >= 0.6 is 11.6 Å². The van der Waals surface area contributed by atoms with E-state index in [0.29, 0.717) is 22.5 Å². The van der Waals surface area contributed by atoms with E-state index in [1.165, 1.54) is 29.3 Å². The summed E-state index contributed by atoms with van der Waals surface area (Å²) in [6.45, 7) is 1.54. The Labute approximate surface area is 177 Å². The number of hydrogen-bond acceptors (Lipinski definition) is 3. The van der Waals surface area contributed by atoms with Crippen molar-refractivity contribution in [1.82, 2.24) is 5.32 Å². The summed E-state index contributed by atoms with van der Waals surface area (Å²) in [6.07, 6.45) is 4.56. The van der Waals surface area contributed by atoms with Crippen molar-refractivity contribution in [3.63, 3.8) is 0 Å². The predicted octanol–water partition coefficient (Wildman–Crippen LogP) is 4.15. The van der Waals surface area contributed by atoms with Crippen molar-refractivity contribution in [3.05, 3.63) is 59.1 Å². The van der Waals surface area contributed by atoms with Crippen molar-refractivity contribution in [2.45, 2.75) is 43.5 Å². The number of fused-ring (bicyclic) bond motifs is 2. The molecule has 0 heterocycles. The molecule has 0 aliphatic heterocycles. The van der Waals surface area contributed by atoms with Crippen LogP contribution in [-0.2, 0) is 14.8 Å². The molecule has 2 aromatic carbocycles. The van der Waals surface area contributed by atoms with Gasteiger partial charge in [0.1, 0.15) is 6.54 Å². The standard InChI is InChI=1S/C22H25ClN2O3S/c1-15-7-10-18(23)13-21(15)25(29(27,28)19-5-3-2-4-6-19)14-22(26)24-20-12-16-8-9-17(20)11-16/h2-7,10,13,16-17,20H,8-9,11-12,14H2,1H3,(H,24,26)/t16-,17+,20+/m1/s1. The zero-order chi connectivity index (χ0) is 20.6. The van der Waals surface area contributed by atoms with Crippen LogP contribution < -0.4 is 9.62 Å². The molecule has 5 nitrogen and oxygen atoms in total. The average molecular weight is 433 g/mol. The zero-order valence-electron chi connectivity index (χ0n) is 16.3. The Morgan fingerprint density at radius 2 is 1.90 bits per heavy atom. The van der Waals surface area contributed by atoms with Crippen LogP contribution in [0.5, 0.6) is 0 Å². The van der Waals surface area contributed by atoms with E-state index in [2.05, 4.69) is 5.32 Å². The molecule has 0 saturated heterocycles. The number of benzene rings is 2. The van der Waals surface area contributed by atoms with Gasteiger partial charge in [-0.25, -0.2) is 8.42 Å². The second-order valence-corrected chi connectivity index (χ2v) is 10.4. The first kappa shape index (κ1) is 20.2. The molecule has 1 amide bonds. The van der Waals surface area contributed by atoms with Crippen molar-refractivity contribution in [2.24, 2.45) is 11.8 Å².